The Morgan fingerprint density at radius 1 is 1.58 bits per heavy atom. The van der Waals surface area contributed by atoms with Crippen molar-refractivity contribution in [1.29, 1.82) is 0 Å². The van der Waals surface area contributed by atoms with Gasteiger partial charge in [0.05, 0.1) is 5.69 Å². The maximum atomic E-state index is 10.6. The van der Waals surface area contributed by atoms with Crippen LogP contribution in [0.5, 0.6) is 0 Å². The van der Waals surface area contributed by atoms with Crippen molar-refractivity contribution in [3.63, 3.8) is 0 Å². The summed E-state index contributed by atoms with van der Waals surface area (Å²) in [4.78, 5) is 7.24. The first-order valence-electron chi connectivity index (χ1n) is 2.95. The summed E-state index contributed by atoms with van der Waals surface area (Å²) in [6.45, 7) is 0. The number of sulfonamides is 1. The molecule has 12 heavy (non-hydrogen) atoms. The molecule has 0 aliphatic heterocycles. The molecule has 0 aliphatic rings. The van der Waals surface area contributed by atoms with Crippen molar-refractivity contribution in [3.05, 3.63) is 23.2 Å². The summed E-state index contributed by atoms with van der Waals surface area (Å²) in [5, 5.41) is 4.80. The van der Waals surface area contributed by atoms with E-state index < -0.39 is 10.0 Å². The topological polar surface area (TPSA) is 85.9 Å². The van der Waals surface area contributed by atoms with Crippen molar-refractivity contribution in [2.45, 2.75) is 5.75 Å². The molecule has 0 aliphatic carbocycles. The lowest BCUT2D eigenvalue weighted by molar-refractivity contribution is 0.596. The number of nitrogens with two attached hydrogens (primary N) is 1. The van der Waals surface area contributed by atoms with Crippen molar-refractivity contribution in [1.82, 2.24) is 9.97 Å². The Hall–Kier alpha value is -0.720. The zero-order valence-corrected chi connectivity index (χ0v) is 7.51. The van der Waals surface area contributed by atoms with Crippen LogP contribution in [-0.2, 0) is 15.8 Å². The third-order valence-corrected chi connectivity index (χ3v) is 1.91. The number of hydrogen-bond donors (Lipinski definition) is 1. The highest BCUT2D eigenvalue weighted by atomic mass is 35.5. The van der Waals surface area contributed by atoms with Crippen LogP contribution in [0.15, 0.2) is 12.3 Å². The fourth-order valence-corrected chi connectivity index (χ4v) is 1.39. The number of nitrogens with zero attached hydrogens (tertiary/aromatic N) is 2. The van der Waals surface area contributed by atoms with Gasteiger partial charge in [0.15, 0.2) is 0 Å². The van der Waals surface area contributed by atoms with Gasteiger partial charge in [-0.25, -0.2) is 23.5 Å². The zero-order chi connectivity index (χ0) is 9.19. The molecule has 0 unspecified atom stereocenters. The predicted octanol–water partition coefficient (Wildman–Crippen LogP) is -0.0815. The highest BCUT2D eigenvalue weighted by Crippen LogP contribution is 2.03. The van der Waals surface area contributed by atoms with Crippen LogP contribution in [0.1, 0.15) is 5.69 Å². The molecular weight excluding hydrogens is 202 g/mol. The summed E-state index contributed by atoms with van der Waals surface area (Å²) in [7, 11) is -3.54. The van der Waals surface area contributed by atoms with Crippen molar-refractivity contribution in [2.24, 2.45) is 5.14 Å². The summed E-state index contributed by atoms with van der Waals surface area (Å²) in [5.74, 6) is -0.324. The molecule has 0 bridgehead atoms. The predicted molar refractivity (Wildman–Crippen MR) is 43.9 cm³/mol. The molecule has 0 spiro atoms. The van der Waals surface area contributed by atoms with E-state index in [9.17, 15) is 8.42 Å². The Labute approximate surface area is 74.6 Å². The van der Waals surface area contributed by atoms with E-state index in [0.29, 0.717) is 0 Å². The molecule has 0 amide bonds. The molecule has 5 nitrogen and oxygen atoms in total. The van der Waals surface area contributed by atoms with Crippen LogP contribution in [0.3, 0.4) is 0 Å². The van der Waals surface area contributed by atoms with E-state index in [-0.39, 0.29) is 16.7 Å². The monoisotopic (exact) mass is 207 g/mol. The minimum absolute atomic E-state index is 0.0103. The first kappa shape index (κ1) is 9.37. The third kappa shape index (κ3) is 3.12. The highest BCUT2D eigenvalue weighted by Gasteiger charge is 2.06. The highest BCUT2D eigenvalue weighted by molar-refractivity contribution is 7.88. The van der Waals surface area contributed by atoms with Gasteiger partial charge in [-0.1, -0.05) is 0 Å². The van der Waals surface area contributed by atoms with E-state index >= 15 is 0 Å². The van der Waals surface area contributed by atoms with Crippen LogP contribution in [0.25, 0.3) is 0 Å². The van der Waals surface area contributed by atoms with Crippen molar-refractivity contribution in [3.8, 4) is 0 Å². The minimum Gasteiger partial charge on any atom is -0.228 e. The molecule has 0 aromatic carbocycles. The molecule has 1 aromatic heterocycles. The van der Waals surface area contributed by atoms with Crippen LogP contribution in [-0.4, -0.2) is 18.4 Å². The fourth-order valence-electron chi connectivity index (χ4n) is 0.656. The van der Waals surface area contributed by atoms with E-state index in [2.05, 4.69) is 9.97 Å². The lowest BCUT2D eigenvalue weighted by Gasteiger charge is -1.96. The van der Waals surface area contributed by atoms with Crippen LogP contribution in [0.2, 0.25) is 5.28 Å². The lowest BCUT2D eigenvalue weighted by atomic mass is 10.5. The van der Waals surface area contributed by atoms with E-state index in [4.69, 9.17) is 16.7 Å². The average Bonchev–Trinajstić information content (AvgIpc) is 1.82. The molecule has 1 rings (SSSR count). The standard InChI is InChI=1S/C5H6ClN3O2S/c6-5-8-2-1-4(9-5)3-12(7,10)11/h1-2H,3H2,(H2,7,10,11). The van der Waals surface area contributed by atoms with Gasteiger partial charge in [-0.15, -0.1) is 0 Å². The van der Waals surface area contributed by atoms with Gasteiger partial charge in [-0.2, -0.15) is 0 Å². The smallest absolute Gasteiger partial charge is 0.222 e. The summed E-state index contributed by atoms with van der Waals surface area (Å²) >= 11 is 5.42. The Morgan fingerprint density at radius 3 is 2.75 bits per heavy atom. The molecule has 0 fully saturated rings. The first-order valence-corrected chi connectivity index (χ1v) is 5.04. The molecule has 0 atom stereocenters. The van der Waals surface area contributed by atoms with E-state index in [1.807, 2.05) is 0 Å². The van der Waals surface area contributed by atoms with Crippen LogP contribution in [0.4, 0.5) is 0 Å². The molecule has 2 N–H and O–H groups in total. The van der Waals surface area contributed by atoms with E-state index in [1.165, 1.54) is 12.3 Å². The Balaban J connectivity index is 2.91. The number of rotatable bonds is 2. The number of halogens is 1. The maximum Gasteiger partial charge on any atom is 0.222 e. The third-order valence-electron chi connectivity index (χ3n) is 1.03. The van der Waals surface area contributed by atoms with Crippen molar-refractivity contribution < 1.29 is 8.42 Å². The quantitative estimate of drug-likeness (QED) is 0.688. The summed E-state index contributed by atoms with van der Waals surface area (Å²) in [5.41, 5.74) is 0.289. The zero-order valence-electron chi connectivity index (χ0n) is 5.94. The minimum atomic E-state index is -3.54. The van der Waals surface area contributed by atoms with Crippen LogP contribution >= 0.6 is 11.6 Å². The van der Waals surface area contributed by atoms with Gasteiger partial charge >= 0.3 is 0 Å². The second-order valence-corrected chi connectivity index (χ2v) is 4.08. The van der Waals surface area contributed by atoms with Crippen molar-refractivity contribution in [2.75, 3.05) is 0 Å². The van der Waals surface area contributed by atoms with Gasteiger partial charge in [0.1, 0.15) is 5.75 Å². The van der Waals surface area contributed by atoms with Crippen LogP contribution < -0.4 is 5.14 Å². The lowest BCUT2D eigenvalue weighted by Crippen LogP contribution is -2.15. The molecular formula is C5H6ClN3O2S. The first-order chi connectivity index (χ1) is 5.47. The molecule has 7 heteroatoms. The number of primary sulfonamides is 1. The number of aromatic nitrogens is 2. The summed E-state index contributed by atoms with van der Waals surface area (Å²) in [6.07, 6.45) is 1.37. The van der Waals surface area contributed by atoms with Crippen molar-refractivity contribution >= 4 is 21.6 Å². The molecule has 66 valence electrons. The van der Waals surface area contributed by atoms with Gasteiger partial charge in [-0.05, 0) is 17.7 Å². The molecule has 0 saturated carbocycles. The summed E-state index contributed by atoms with van der Waals surface area (Å²) < 4.78 is 21.2. The van der Waals surface area contributed by atoms with Crippen LogP contribution in [0, 0.1) is 0 Å². The van der Waals surface area contributed by atoms with E-state index in [0.717, 1.165) is 0 Å². The molecule has 1 aromatic rings. The van der Waals surface area contributed by atoms with Gasteiger partial charge < -0.3 is 0 Å². The van der Waals surface area contributed by atoms with E-state index in [1.54, 1.807) is 0 Å². The maximum absolute atomic E-state index is 10.6. The SMILES string of the molecule is NS(=O)(=O)Cc1ccnc(Cl)n1. The molecule has 1 heterocycles. The second kappa shape index (κ2) is 3.34. The van der Waals surface area contributed by atoms with Gasteiger partial charge in [0, 0.05) is 6.20 Å². The van der Waals surface area contributed by atoms with Gasteiger partial charge in [0.25, 0.3) is 0 Å². The molecule has 0 radical (unpaired) electrons. The average molecular weight is 208 g/mol. The van der Waals surface area contributed by atoms with Gasteiger partial charge in [0.2, 0.25) is 15.3 Å². The largest absolute Gasteiger partial charge is 0.228 e. The number of hydrogen-bond acceptors (Lipinski definition) is 4. The Morgan fingerprint density at radius 2 is 2.25 bits per heavy atom. The van der Waals surface area contributed by atoms with Gasteiger partial charge in [-0.3, -0.25) is 0 Å². The Kier molecular flexibility index (Phi) is 2.61. The molecule has 0 saturated heterocycles. The fraction of sp³-hybridized carbons (Fsp3) is 0.200. The second-order valence-electron chi connectivity index (χ2n) is 2.12. The summed E-state index contributed by atoms with van der Waals surface area (Å²) in [6, 6.07) is 1.44. The Bertz CT molecular complexity index is 378. The normalized spacial score (nSPS) is 11.5.